The van der Waals surface area contributed by atoms with Gasteiger partial charge in [-0.3, -0.25) is 4.79 Å². The van der Waals surface area contributed by atoms with Crippen LogP contribution in [0, 0.1) is 0 Å². The van der Waals surface area contributed by atoms with Gasteiger partial charge in [-0.25, -0.2) is 0 Å². The van der Waals surface area contributed by atoms with Crippen LogP contribution in [0.15, 0.2) is 35.5 Å². The molecule has 1 heterocycles. The number of anilines is 1. The van der Waals surface area contributed by atoms with E-state index in [4.69, 9.17) is 0 Å². The van der Waals surface area contributed by atoms with Gasteiger partial charge in [-0.2, -0.15) is 0 Å². The zero-order chi connectivity index (χ0) is 15.1. The van der Waals surface area contributed by atoms with Crippen LogP contribution in [0.5, 0.6) is 0 Å². The van der Waals surface area contributed by atoms with Crippen molar-refractivity contribution in [2.75, 3.05) is 18.2 Å². The zero-order valence-electron chi connectivity index (χ0n) is 12.1. The number of esters is 1. The SMILES string of the molecule is CCn1c(CNc2ccccc2)nnc1SCC(=O)OC. The monoisotopic (exact) mass is 306 g/mol. The van der Waals surface area contributed by atoms with Crippen molar-refractivity contribution >= 4 is 23.4 Å². The highest BCUT2D eigenvalue weighted by molar-refractivity contribution is 7.99. The largest absolute Gasteiger partial charge is 0.468 e. The summed E-state index contributed by atoms with van der Waals surface area (Å²) in [5.41, 5.74) is 1.03. The van der Waals surface area contributed by atoms with E-state index < -0.39 is 0 Å². The molecule has 21 heavy (non-hydrogen) atoms. The number of para-hydroxylation sites is 1. The minimum absolute atomic E-state index is 0.237. The topological polar surface area (TPSA) is 69.0 Å². The van der Waals surface area contributed by atoms with Crippen LogP contribution in [0.1, 0.15) is 12.7 Å². The van der Waals surface area contributed by atoms with Gasteiger partial charge in [0.1, 0.15) is 0 Å². The van der Waals surface area contributed by atoms with Crippen LogP contribution < -0.4 is 5.32 Å². The molecular formula is C14H18N4O2S. The van der Waals surface area contributed by atoms with Gasteiger partial charge in [0.05, 0.1) is 19.4 Å². The molecule has 7 heteroatoms. The van der Waals surface area contributed by atoms with Crippen LogP contribution in [0.25, 0.3) is 0 Å². The number of carbonyl (C=O) groups excluding carboxylic acids is 1. The second-order valence-electron chi connectivity index (χ2n) is 4.23. The van der Waals surface area contributed by atoms with Gasteiger partial charge >= 0.3 is 5.97 Å². The molecule has 1 aromatic carbocycles. The van der Waals surface area contributed by atoms with E-state index in [2.05, 4.69) is 20.3 Å². The molecule has 0 spiro atoms. The molecule has 0 atom stereocenters. The molecule has 0 fully saturated rings. The van der Waals surface area contributed by atoms with Crippen molar-refractivity contribution in [2.45, 2.75) is 25.2 Å². The number of hydrogen-bond donors (Lipinski definition) is 1. The van der Waals surface area contributed by atoms with Gasteiger partial charge in [0.15, 0.2) is 11.0 Å². The fraction of sp³-hybridized carbons (Fsp3) is 0.357. The first-order chi connectivity index (χ1) is 10.2. The Balaban J connectivity index is 2.00. The van der Waals surface area contributed by atoms with Crippen molar-refractivity contribution in [1.82, 2.24) is 14.8 Å². The lowest BCUT2D eigenvalue weighted by Crippen LogP contribution is -2.09. The average molecular weight is 306 g/mol. The molecule has 0 bridgehead atoms. The van der Waals surface area contributed by atoms with Gasteiger partial charge < -0.3 is 14.6 Å². The molecule has 0 radical (unpaired) electrons. The van der Waals surface area contributed by atoms with E-state index >= 15 is 0 Å². The van der Waals surface area contributed by atoms with Crippen LogP contribution >= 0.6 is 11.8 Å². The zero-order valence-corrected chi connectivity index (χ0v) is 12.9. The smallest absolute Gasteiger partial charge is 0.316 e. The van der Waals surface area contributed by atoms with Gasteiger partial charge in [-0.05, 0) is 19.1 Å². The predicted molar refractivity (Wildman–Crippen MR) is 82.2 cm³/mol. The maximum Gasteiger partial charge on any atom is 0.316 e. The van der Waals surface area contributed by atoms with Gasteiger partial charge in [0.2, 0.25) is 0 Å². The summed E-state index contributed by atoms with van der Waals surface area (Å²) in [5, 5.41) is 12.3. The molecule has 0 aliphatic heterocycles. The lowest BCUT2D eigenvalue weighted by molar-refractivity contribution is -0.137. The van der Waals surface area contributed by atoms with Gasteiger partial charge in [0.25, 0.3) is 0 Å². The fourth-order valence-corrected chi connectivity index (χ4v) is 2.65. The number of benzene rings is 1. The molecule has 0 saturated carbocycles. The maximum absolute atomic E-state index is 11.2. The normalized spacial score (nSPS) is 10.4. The molecule has 0 aliphatic carbocycles. The van der Waals surface area contributed by atoms with Crippen LogP contribution in [0.4, 0.5) is 5.69 Å². The standard InChI is InChI=1S/C14H18N4O2S/c1-3-18-12(9-15-11-7-5-4-6-8-11)16-17-14(18)21-10-13(19)20-2/h4-8,15H,3,9-10H2,1-2H3. The van der Waals surface area contributed by atoms with E-state index in [1.165, 1.54) is 18.9 Å². The summed E-state index contributed by atoms with van der Waals surface area (Å²) >= 11 is 1.33. The Labute approximate surface area is 127 Å². The van der Waals surface area contributed by atoms with Gasteiger partial charge in [-0.1, -0.05) is 30.0 Å². The molecule has 0 unspecified atom stereocenters. The van der Waals surface area contributed by atoms with Crippen molar-refractivity contribution in [3.63, 3.8) is 0 Å². The van der Waals surface area contributed by atoms with E-state index in [-0.39, 0.29) is 11.7 Å². The minimum Gasteiger partial charge on any atom is -0.468 e. The highest BCUT2D eigenvalue weighted by atomic mass is 32.2. The van der Waals surface area contributed by atoms with Crippen molar-refractivity contribution in [2.24, 2.45) is 0 Å². The highest BCUT2D eigenvalue weighted by Gasteiger charge is 2.12. The number of aromatic nitrogens is 3. The molecule has 1 aromatic heterocycles. The Morgan fingerprint density at radius 1 is 1.33 bits per heavy atom. The van der Waals surface area contributed by atoms with Gasteiger partial charge in [-0.15, -0.1) is 10.2 Å². The Kier molecular flexibility index (Phi) is 5.62. The molecule has 0 aliphatic rings. The number of nitrogens with zero attached hydrogens (tertiary/aromatic N) is 3. The minimum atomic E-state index is -0.269. The number of nitrogens with one attached hydrogen (secondary N) is 1. The van der Waals surface area contributed by atoms with Crippen LogP contribution in [0.2, 0.25) is 0 Å². The average Bonchev–Trinajstić information content (AvgIpc) is 2.93. The van der Waals surface area contributed by atoms with Crippen molar-refractivity contribution in [3.05, 3.63) is 36.2 Å². The predicted octanol–water partition coefficient (Wildman–Crippen LogP) is 2.18. The molecule has 1 N–H and O–H groups in total. The fourth-order valence-electron chi connectivity index (χ4n) is 1.79. The molecule has 2 aromatic rings. The Hall–Kier alpha value is -2.02. The van der Waals surface area contributed by atoms with E-state index in [1.807, 2.05) is 41.8 Å². The molecule has 0 saturated heterocycles. The lowest BCUT2D eigenvalue weighted by atomic mass is 10.3. The summed E-state index contributed by atoms with van der Waals surface area (Å²) in [7, 11) is 1.38. The number of rotatable bonds is 7. The third kappa shape index (κ3) is 4.22. The van der Waals surface area contributed by atoms with Crippen LogP contribution in [0.3, 0.4) is 0 Å². The van der Waals surface area contributed by atoms with E-state index in [0.717, 1.165) is 23.2 Å². The maximum atomic E-state index is 11.2. The van der Waals surface area contributed by atoms with Gasteiger partial charge in [0, 0.05) is 12.2 Å². The number of methoxy groups -OCH3 is 1. The van der Waals surface area contributed by atoms with Crippen LogP contribution in [-0.4, -0.2) is 33.6 Å². The molecular weight excluding hydrogens is 288 g/mol. The lowest BCUT2D eigenvalue weighted by Gasteiger charge is -2.08. The first-order valence-corrected chi connectivity index (χ1v) is 7.63. The van der Waals surface area contributed by atoms with Crippen molar-refractivity contribution in [3.8, 4) is 0 Å². The third-order valence-corrected chi connectivity index (χ3v) is 3.82. The molecule has 6 nitrogen and oxygen atoms in total. The second kappa shape index (κ2) is 7.68. The van der Waals surface area contributed by atoms with E-state index in [1.54, 1.807) is 0 Å². The third-order valence-electron chi connectivity index (χ3n) is 2.88. The summed E-state index contributed by atoms with van der Waals surface area (Å²) in [6.45, 7) is 3.36. The molecule has 2 rings (SSSR count). The molecule has 0 amide bonds. The highest BCUT2D eigenvalue weighted by Crippen LogP contribution is 2.18. The second-order valence-corrected chi connectivity index (χ2v) is 5.17. The summed E-state index contributed by atoms with van der Waals surface area (Å²) < 4.78 is 6.62. The number of thioether (sulfide) groups is 1. The Bertz CT molecular complexity index is 586. The quantitative estimate of drug-likeness (QED) is 0.624. The van der Waals surface area contributed by atoms with Crippen LogP contribution in [-0.2, 0) is 22.6 Å². The summed E-state index contributed by atoms with van der Waals surface area (Å²) in [6, 6.07) is 9.93. The first-order valence-electron chi connectivity index (χ1n) is 6.65. The number of carbonyl (C=O) groups is 1. The number of hydrogen-bond acceptors (Lipinski definition) is 6. The Morgan fingerprint density at radius 3 is 2.76 bits per heavy atom. The van der Waals surface area contributed by atoms with E-state index in [0.29, 0.717) is 6.54 Å². The van der Waals surface area contributed by atoms with Crippen molar-refractivity contribution < 1.29 is 9.53 Å². The van der Waals surface area contributed by atoms with Crippen molar-refractivity contribution in [1.29, 1.82) is 0 Å². The first kappa shape index (κ1) is 15.4. The summed E-state index contributed by atoms with van der Waals surface area (Å²) in [4.78, 5) is 11.2. The Morgan fingerprint density at radius 2 is 2.10 bits per heavy atom. The molecule has 112 valence electrons. The summed E-state index contributed by atoms with van der Waals surface area (Å²) in [6.07, 6.45) is 0. The summed E-state index contributed by atoms with van der Waals surface area (Å²) in [5.74, 6) is 0.809. The number of ether oxygens (including phenoxy) is 1. The van der Waals surface area contributed by atoms with E-state index in [9.17, 15) is 4.79 Å².